The number of nitrogens with zero attached hydrogens (tertiary/aromatic N) is 1. The zero-order valence-electron chi connectivity index (χ0n) is 13.3. The zero-order chi connectivity index (χ0) is 15.6. The van der Waals surface area contributed by atoms with Crippen LogP contribution < -0.4 is 0 Å². The lowest BCUT2D eigenvalue weighted by molar-refractivity contribution is 0.0223. The summed E-state index contributed by atoms with van der Waals surface area (Å²) in [5.41, 5.74) is 1.50. The highest BCUT2D eigenvalue weighted by molar-refractivity contribution is 5.69. The van der Waals surface area contributed by atoms with Gasteiger partial charge in [-0.25, -0.2) is 9.18 Å². The molecule has 0 saturated carbocycles. The zero-order valence-corrected chi connectivity index (χ0v) is 13.3. The summed E-state index contributed by atoms with van der Waals surface area (Å²) >= 11 is 0. The highest BCUT2D eigenvalue weighted by atomic mass is 19.1. The third-order valence-electron chi connectivity index (χ3n) is 3.73. The predicted octanol–water partition coefficient (Wildman–Crippen LogP) is 4.46. The van der Waals surface area contributed by atoms with Crippen molar-refractivity contribution in [1.82, 2.24) is 4.90 Å². The minimum absolute atomic E-state index is 0.0782. The van der Waals surface area contributed by atoms with Crippen molar-refractivity contribution < 1.29 is 13.9 Å². The van der Waals surface area contributed by atoms with E-state index in [1.54, 1.807) is 11.0 Å². The predicted molar refractivity (Wildman–Crippen MR) is 80.7 cm³/mol. The largest absolute Gasteiger partial charge is 0.444 e. The fourth-order valence-corrected chi connectivity index (χ4v) is 2.83. The second-order valence-electron chi connectivity index (χ2n) is 6.53. The first-order valence-electron chi connectivity index (χ1n) is 7.60. The maximum Gasteiger partial charge on any atom is 0.410 e. The summed E-state index contributed by atoms with van der Waals surface area (Å²) in [6.45, 7) is 8.28. The van der Waals surface area contributed by atoms with Gasteiger partial charge in [0.1, 0.15) is 11.4 Å². The monoisotopic (exact) mass is 293 g/mol. The Morgan fingerprint density at radius 2 is 2.14 bits per heavy atom. The van der Waals surface area contributed by atoms with E-state index >= 15 is 0 Å². The van der Waals surface area contributed by atoms with Gasteiger partial charge in [0.2, 0.25) is 0 Å². The van der Waals surface area contributed by atoms with Gasteiger partial charge in [0.15, 0.2) is 0 Å². The van der Waals surface area contributed by atoms with E-state index in [2.05, 4.69) is 0 Å². The molecule has 0 radical (unpaired) electrons. The van der Waals surface area contributed by atoms with E-state index in [4.69, 9.17) is 4.74 Å². The van der Waals surface area contributed by atoms with Gasteiger partial charge in [-0.3, -0.25) is 0 Å². The fourth-order valence-electron chi connectivity index (χ4n) is 2.83. The molecular weight excluding hydrogens is 269 g/mol. The molecule has 1 fully saturated rings. The van der Waals surface area contributed by atoms with E-state index < -0.39 is 5.60 Å². The molecule has 1 aliphatic rings. The maximum absolute atomic E-state index is 13.6. The molecule has 1 saturated heterocycles. The third-order valence-corrected chi connectivity index (χ3v) is 3.73. The van der Waals surface area contributed by atoms with Gasteiger partial charge in [-0.1, -0.05) is 13.0 Å². The van der Waals surface area contributed by atoms with E-state index in [0.29, 0.717) is 6.54 Å². The Bertz CT molecular complexity index is 522. The van der Waals surface area contributed by atoms with E-state index in [9.17, 15) is 9.18 Å². The first-order chi connectivity index (χ1) is 9.81. The second kappa shape index (κ2) is 6.04. The van der Waals surface area contributed by atoms with E-state index in [1.165, 1.54) is 6.07 Å². The van der Waals surface area contributed by atoms with Crippen molar-refractivity contribution in [1.29, 1.82) is 0 Å². The lowest BCUT2D eigenvalue weighted by Gasteiger charge is -2.29. The van der Waals surface area contributed by atoms with Crippen molar-refractivity contribution in [2.75, 3.05) is 6.54 Å². The standard InChI is InChI=1S/C17H24FNO2/c1-5-12-8-9-13(18)11-14(12)15-7-6-10-19(15)16(20)21-17(2,3)4/h8-9,11,15H,5-7,10H2,1-4H3. The Kier molecular flexibility index (Phi) is 4.55. The third kappa shape index (κ3) is 3.74. The van der Waals surface area contributed by atoms with Crippen molar-refractivity contribution in [2.45, 2.75) is 58.6 Å². The lowest BCUT2D eigenvalue weighted by Crippen LogP contribution is -2.36. The molecule has 0 aromatic heterocycles. The number of halogens is 1. The molecule has 1 aliphatic heterocycles. The number of carbonyl (C=O) groups is 1. The van der Waals surface area contributed by atoms with E-state index in [0.717, 1.165) is 30.4 Å². The number of hydrogen-bond donors (Lipinski definition) is 0. The smallest absolute Gasteiger partial charge is 0.410 e. The van der Waals surface area contributed by atoms with Gasteiger partial charge in [0, 0.05) is 6.54 Å². The quantitative estimate of drug-likeness (QED) is 0.805. The minimum Gasteiger partial charge on any atom is -0.444 e. The maximum atomic E-state index is 13.6. The normalized spacial score (nSPS) is 18.9. The topological polar surface area (TPSA) is 29.5 Å². The van der Waals surface area contributed by atoms with Crippen LogP contribution in [0.1, 0.15) is 57.7 Å². The van der Waals surface area contributed by atoms with Gasteiger partial charge >= 0.3 is 6.09 Å². The van der Waals surface area contributed by atoms with Crippen molar-refractivity contribution in [2.24, 2.45) is 0 Å². The average Bonchev–Trinajstić information content (AvgIpc) is 2.85. The molecule has 1 heterocycles. The van der Waals surface area contributed by atoms with Crippen molar-refractivity contribution in [3.05, 3.63) is 35.1 Å². The van der Waals surface area contributed by atoms with Crippen molar-refractivity contribution in [3.8, 4) is 0 Å². The van der Waals surface area contributed by atoms with Crippen LogP contribution in [0.4, 0.5) is 9.18 Å². The molecule has 1 amide bonds. The Hall–Kier alpha value is -1.58. The van der Waals surface area contributed by atoms with Crippen LogP contribution in [0.3, 0.4) is 0 Å². The first kappa shape index (κ1) is 15.8. The molecule has 116 valence electrons. The lowest BCUT2D eigenvalue weighted by atomic mass is 9.97. The molecular formula is C17H24FNO2. The molecule has 2 rings (SSSR count). The number of benzene rings is 1. The van der Waals surface area contributed by atoms with Gasteiger partial charge in [-0.05, 0) is 63.3 Å². The number of likely N-dealkylation sites (tertiary alicyclic amines) is 1. The van der Waals surface area contributed by atoms with E-state index in [1.807, 2.05) is 33.8 Å². The Morgan fingerprint density at radius 3 is 2.76 bits per heavy atom. The summed E-state index contributed by atoms with van der Waals surface area (Å²) < 4.78 is 19.1. The Labute approximate surface area is 126 Å². The van der Waals surface area contributed by atoms with Crippen LogP contribution in [0, 0.1) is 5.82 Å². The fraction of sp³-hybridized carbons (Fsp3) is 0.588. The molecule has 3 nitrogen and oxygen atoms in total. The number of hydrogen-bond acceptors (Lipinski definition) is 2. The first-order valence-corrected chi connectivity index (χ1v) is 7.60. The van der Waals surface area contributed by atoms with Crippen LogP contribution in [-0.2, 0) is 11.2 Å². The van der Waals surface area contributed by atoms with Gasteiger partial charge < -0.3 is 9.64 Å². The summed E-state index contributed by atoms with van der Waals surface area (Å²) in [6, 6.07) is 4.78. The summed E-state index contributed by atoms with van der Waals surface area (Å²) in [7, 11) is 0. The van der Waals surface area contributed by atoms with Crippen molar-refractivity contribution >= 4 is 6.09 Å². The molecule has 21 heavy (non-hydrogen) atoms. The number of carbonyl (C=O) groups excluding carboxylic acids is 1. The Morgan fingerprint density at radius 1 is 1.43 bits per heavy atom. The van der Waals surface area contributed by atoms with Gasteiger partial charge in [-0.15, -0.1) is 0 Å². The van der Waals surface area contributed by atoms with Crippen LogP contribution in [0.15, 0.2) is 18.2 Å². The molecule has 0 spiro atoms. The summed E-state index contributed by atoms with van der Waals surface area (Å²) in [4.78, 5) is 14.1. The molecule has 0 N–H and O–H groups in total. The molecule has 1 unspecified atom stereocenters. The molecule has 0 aliphatic carbocycles. The van der Waals surface area contributed by atoms with Crippen LogP contribution >= 0.6 is 0 Å². The highest BCUT2D eigenvalue weighted by Gasteiger charge is 2.34. The molecule has 1 aromatic carbocycles. The van der Waals surface area contributed by atoms with Crippen LogP contribution in [-0.4, -0.2) is 23.1 Å². The minimum atomic E-state index is -0.514. The Balaban J connectivity index is 2.26. The number of rotatable bonds is 2. The number of aryl methyl sites for hydroxylation is 1. The summed E-state index contributed by atoms with van der Waals surface area (Å²) in [5, 5.41) is 0. The molecule has 0 bridgehead atoms. The number of amides is 1. The average molecular weight is 293 g/mol. The number of ether oxygens (including phenoxy) is 1. The van der Waals surface area contributed by atoms with Gasteiger partial charge in [0.25, 0.3) is 0 Å². The van der Waals surface area contributed by atoms with Crippen LogP contribution in [0.2, 0.25) is 0 Å². The molecule has 1 atom stereocenters. The van der Waals surface area contributed by atoms with Gasteiger partial charge in [-0.2, -0.15) is 0 Å². The highest BCUT2D eigenvalue weighted by Crippen LogP contribution is 2.35. The van der Waals surface area contributed by atoms with Crippen LogP contribution in [0.5, 0.6) is 0 Å². The van der Waals surface area contributed by atoms with E-state index in [-0.39, 0.29) is 18.0 Å². The molecule has 1 aromatic rings. The summed E-state index contributed by atoms with van der Waals surface area (Å²) in [5.74, 6) is -0.252. The molecule has 4 heteroatoms. The SMILES string of the molecule is CCc1ccc(F)cc1C1CCCN1C(=O)OC(C)(C)C. The van der Waals surface area contributed by atoms with Crippen molar-refractivity contribution in [3.63, 3.8) is 0 Å². The second-order valence-corrected chi connectivity index (χ2v) is 6.53. The van der Waals surface area contributed by atoms with Gasteiger partial charge in [0.05, 0.1) is 6.04 Å². The summed E-state index contributed by atoms with van der Waals surface area (Å²) in [6.07, 6.45) is 2.30. The van der Waals surface area contributed by atoms with Crippen LogP contribution in [0.25, 0.3) is 0 Å².